The van der Waals surface area contributed by atoms with Crippen LogP contribution >= 0.6 is 0 Å². The lowest BCUT2D eigenvalue weighted by Crippen LogP contribution is -2.34. The number of fused-ring (bicyclic) bond motifs is 6. The molecule has 1 aromatic carbocycles. The van der Waals surface area contributed by atoms with E-state index in [4.69, 9.17) is 0 Å². The molecule has 3 heterocycles. The van der Waals surface area contributed by atoms with Gasteiger partial charge >= 0.3 is 0 Å². The molecule has 0 spiro atoms. The highest BCUT2D eigenvalue weighted by atomic mass is 15.3. The summed E-state index contributed by atoms with van der Waals surface area (Å²) in [4.78, 5) is 4.67. The first-order valence-electron chi connectivity index (χ1n) is 6.82. The molecule has 3 nitrogen and oxygen atoms in total. The van der Waals surface area contributed by atoms with E-state index in [1.54, 1.807) is 0 Å². The smallest absolute Gasteiger partial charge is 0.196 e. The van der Waals surface area contributed by atoms with E-state index in [0.29, 0.717) is 0 Å². The summed E-state index contributed by atoms with van der Waals surface area (Å²) in [5.41, 5.74) is 6.03. The summed E-state index contributed by atoms with van der Waals surface area (Å²) in [5, 5.41) is 2.52. The monoisotopic (exact) mass is 262 g/mol. The van der Waals surface area contributed by atoms with Crippen molar-refractivity contribution in [2.75, 3.05) is 0 Å². The topological polar surface area (TPSA) is 21.2 Å². The number of aryl methyl sites for hydroxylation is 3. The second kappa shape index (κ2) is 3.79. The van der Waals surface area contributed by atoms with Gasteiger partial charge in [-0.05, 0) is 31.0 Å². The minimum Gasteiger partial charge on any atom is -0.254 e. The zero-order valence-electron chi connectivity index (χ0n) is 11.9. The molecule has 0 atom stereocenters. The lowest BCUT2D eigenvalue weighted by molar-refractivity contribution is -0.735. The maximum Gasteiger partial charge on any atom is 0.196 e. The van der Waals surface area contributed by atoms with Gasteiger partial charge in [0.2, 0.25) is 0 Å². The van der Waals surface area contributed by atoms with Crippen LogP contribution < -0.4 is 4.68 Å². The Balaban J connectivity index is 2.50. The van der Waals surface area contributed by atoms with Gasteiger partial charge in [0, 0.05) is 23.0 Å². The second-order valence-corrected chi connectivity index (χ2v) is 5.41. The maximum atomic E-state index is 4.67. The zero-order valence-corrected chi connectivity index (χ0v) is 11.9. The fraction of sp³-hybridized carbons (Fsp3) is 0.176. The van der Waals surface area contributed by atoms with Crippen molar-refractivity contribution in [3.63, 3.8) is 0 Å². The summed E-state index contributed by atoms with van der Waals surface area (Å²) >= 11 is 0. The molecule has 0 aliphatic carbocycles. The molecule has 0 bridgehead atoms. The summed E-state index contributed by atoms with van der Waals surface area (Å²) in [5.74, 6) is 0. The van der Waals surface area contributed by atoms with Gasteiger partial charge in [-0.2, -0.15) is 0 Å². The molecule has 3 aromatic heterocycles. The highest BCUT2D eigenvalue weighted by Crippen LogP contribution is 2.30. The van der Waals surface area contributed by atoms with E-state index < -0.39 is 0 Å². The van der Waals surface area contributed by atoms with E-state index in [2.05, 4.69) is 71.6 Å². The second-order valence-electron chi connectivity index (χ2n) is 5.41. The van der Waals surface area contributed by atoms with Crippen LogP contribution in [0, 0.1) is 13.8 Å². The molecule has 0 saturated heterocycles. The van der Waals surface area contributed by atoms with Gasteiger partial charge in [0.1, 0.15) is 16.6 Å². The minimum absolute atomic E-state index is 1.08. The van der Waals surface area contributed by atoms with Crippen molar-refractivity contribution in [3.8, 4) is 0 Å². The third kappa shape index (κ3) is 1.29. The van der Waals surface area contributed by atoms with Gasteiger partial charge in [-0.25, -0.2) is 0 Å². The third-order valence-electron chi connectivity index (χ3n) is 4.12. The molecule has 4 aromatic rings. The van der Waals surface area contributed by atoms with Gasteiger partial charge < -0.3 is 0 Å². The zero-order chi connectivity index (χ0) is 13.9. The van der Waals surface area contributed by atoms with Crippen molar-refractivity contribution >= 4 is 27.3 Å². The lowest BCUT2D eigenvalue weighted by atomic mass is 10.0. The average molecular weight is 262 g/mol. The van der Waals surface area contributed by atoms with Crippen LogP contribution in [0.25, 0.3) is 27.3 Å². The third-order valence-corrected chi connectivity index (χ3v) is 4.12. The number of benzene rings is 1. The predicted octanol–water partition coefficient (Wildman–Crippen LogP) is 3.08. The molecule has 0 aliphatic heterocycles. The van der Waals surface area contributed by atoms with Gasteiger partial charge in [0.25, 0.3) is 0 Å². The number of rotatable bonds is 0. The Hall–Kier alpha value is -2.42. The van der Waals surface area contributed by atoms with Gasteiger partial charge in [0.15, 0.2) is 13.2 Å². The van der Waals surface area contributed by atoms with E-state index in [9.17, 15) is 0 Å². The average Bonchev–Trinajstić information content (AvgIpc) is 2.81. The molecule has 0 aliphatic rings. The van der Waals surface area contributed by atoms with Crippen LogP contribution in [0.1, 0.15) is 11.1 Å². The normalized spacial score (nSPS) is 11.8. The molecular weight excluding hydrogens is 246 g/mol. The number of pyridine rings is 2. The first-order valence-corrected chi connectivity index (χ1v) is 6.82. The van der Waals surface area contributed by atoms with Gasteiger partial charge in [-0.1, -0.05) is 18.2 Å². The summed E-state index contributed by atoms with van der Waals surface area (Å²) in [6.07, 6.45) is 4.00. The van der Waals surface area contributed by atoms with Crippen LogP contribution in [0.15, 0.2) is 42.7 Å². The van der Waals surface area contributed by atoms with E-state index in [1.165, 1.54) is 32.9 Å². The molecule has 98 valence electrons. The molecule has 20 heavy (non-hydrogen) atoms. The SMILES string of the molecule is Cc1cccc2c1c1nccc(C)c1n1c2cc[n+]1C. The van der Waals surface area contributed by atoms with E-state index in [0.717, 1.165) is 5.52 Å². The largest absolute Gasteiger partial charge is 0.254 e. The quantitative estimate of drug-likeness (QED) is 0.352. The lowest BCUT2D eigenvalue weighted by Gasteiger charge is -2.09. The summed E-state index contributed by atoms with van der Waals surface area (Å²) in [7, 11) is 2.07. The van der Waals surface area contributed by atoms with Crippen LogP contribution in [0.2, 0.25) is 0 Å². The van der Waals surface area contributed by atoms with Crippen molar-refractivity contribution < 1.29 is 4.68 Å². The Labute approximate surface area is 117 Å². The summed E-state index contributed by atoms with van der Waals surface area (Å²) in [6, 6.07) is 10.7. The van der Waals surface area contributed by atoms with Crippen molar-refractivity contribution in [1.82, 2.24) is 9.50 Å². The predicted molar refractivity (Wildman–Crippen MR) is 80.9 cm³/mol. The summed E-state index contributed by atoms with van der Waals surface area (Å²) < 4.78 is 4.37. The van der Waals surface area contributed by atoms with Crippen LogP contribution in [-0.2, 0) is 7.05 Å². The standard InChI is InChI=1S/C17H16N3/c1-11-5-4-6-13-14-8-10-19(3)20(14)17-12(2)7-9-18-16(17)15(11)13/h4-10H,1-3H3/q+1. The number of nitrogens with zero attached hydrogens (tertiary/aromatic N) is 3. The highest BCUT2D eigenvalue weighted by molar-refractivity contribution is 6.12. The molecule has 4 rings (SSSR count). The molecule has 0 saturated carbocycles. The Bertz CT molecular complexity index is 980. The van der Waals surface area contributed by atoms with Gasteiger partial charge in [0.05, 0.1) is 0 Å². The molecule has 3 heteroatoms. The molecule has 0 radical (unpaired) electrons. The van der Waals surface area contributed by atoms with E-state index >= 15 is 0 Å². The van der Waals surface area contributed by atoms with Crippen LogP contribution in [-0.4, -0.2) is 9.50 Å². The van der Waals surface area contributed by atoms with E-state index in [1.807, 2.05) is 6.20 Å². The Kier molecular flexibility index (Phi) is 2.16. The van der Waals surface area contributed by atoms with Gasteiger partial charge in [-0.15, -0.1) is 9.20 Å². The fourth-order valence-corrected chi connectivity index (χ4v) is 3.16. The number of hydrogen-bond acceptors (Lipinski definition) is 1. The molecule has 0 fully saturated rings. The number of aromatic nitrogens is 3. The first-order chi connectivity index (χ1) is 9.68. The molecular formula is C17H16N3+. The Morgan fingerprint density at radius 3 is 2.75 bits per heavy atom. The maximum absolute atomic E-state index is 4.67. The summed E-state index contributed by atoms with van der Waals surface area (Å²) in [6.45, 7) is 4.30. The molecule has 0 amide bonds. The van der Waals surface area contributed by atoms with Crippen molar-refractivity contribution in [2.24, 2.45) is 7.05 Å². The first kappa shape index (κ1) is 11.4. The highest BCUT2D eigenvalue weighted by Gasteiger charge is 2.17. The van der Waals surface area contributed by atoms with Gasteiger partial charge in [-0.3, -0.25) is 4.98 Å². The molecule has 0 N–H and O–H groups in total. The fourth-order valence-electron chi connectivity index (χ4n) is 3.16. The Morgan fingerprint density at radius 2 is 1.90 bits per heavy atom. The molecule has 0 unspecified atom stereocenters. The van der Waals surface area contributed by atoms with Crippen molar-refractivity contribution in [2.45, 2.75) is 13.8 Å². The van der Waals surface area contributed by atoms with Crippen molar-refractivity contribution in [3.05, 3.63) is 53.9 Å². The van der Waals surface area contributed by atoms with E-state index in [-0.39, 0.29) is 0 Å². The van der Waals surface area contributed by atoms with Crippen LogP contribution in [0.3, 0.4) is 0 Å². The number of hydrogen-bond donors (Lipinski definition) is 0. The van der Waals surface area contributed by atoms with Crippen molar-refractivity contribution in [1.29, 1.82) is 0 Å². The van der Waals surface area contributed by atoms with Crippen LogP contribution in [0.4, 0.5) is 0 Å². The van der Waals surface area contributed by atoms with Crippen LogP contribution in [0.5, 0.6) is 0 Å². The Morgan fingerprint density at radius 1 is 1.05 bits per heavy atom. The minimum atomic E-state index is 1.08.